The zero-order valence-corrected chi connectivity index (χ0v) is 18.7. The summed E-state index contributed by atoms with van der Waals surface area (Å²) >= 11 is 12.1. The van der Waals surface area contributed by atoms with Crippen molar-refractivity contribution in [3.8, 4) is 0 Å². The Morgan fingerprint density at radius 2 is 1.63 bits per heavy atom. The van der Waals surface area contributed by atoms with Crippen LogP contribution in [0.5, 0.6) is 0 Å². The van der Waals surface area contributed by atoms with Gasteiger partial charge in [-0.1, -0.05) is 59.6 Å². The Morgan fingerprint density at radius 3 is 2.30 bits per heavy atom. The Morgan fingerprint density at radius 1 is 0.933 bits per heavy atom. The van der Waals surface area contributed by atoms with Crippen LogP contribution >= 0.6 is 23.2 Å². The van der Waals surface area contributed by atoms with E-state index in [4.69, 9.17) is 23.2 Å². The number of halogens is 2. The molecule has 3 aromatic rings. The van der Waals surface area contributed by atoms with Gasteiger partial charge in [0, 0.05) is 16.1 Å². The summed E-state index contributed by atoms with van der Waals surface area (Å²) in [4.78, 5) is 13.2. The van der Waals surface area contributed by atoms with Crippen molar-refractivity contribution in [3.05, 3.63) is 99.5 Å². The second-order valence-corrected chi connectivity index (χ2v) is 9.34. The molecule has 0 saturated heterocycles. The average molecular weight is 460 g/mol. The van der Waals surface area contributed by atoms with Gasteiger partial charge in [-0.3, -0.25) is 4.79 Å². The van der Waals surface area contributed by atoms with Gasteiger partial charge in [0.2, 0.25) is 0 Å². The summed E-state index contributed by atoms with van der Waals surface area (Å²) in [5.41, 5.74) is 2.34. The van der Waals surface area contributed by atoms with Crippen molar-refractivity contribution in [3.63, 3.8) is 0 Å². The molecule has 0 radical (unpaired) electrons. The monoisotopic (exact) mass is 459 g/mol. The van der Waals surface area contributed by atoms with E-state index in [-0.39, 0.29) is 4.90 Å². The van der Waals surface area contributed by atoms with E-state index in [2.05, 4.69) is 0 Å². The fourth-order valence-corrected chi connectivity index (χ4v) is 4.80. The largest absolute Gasteiger partial charge is 0.271 e. The van der Waals surface area contributed by atoms with E-state index < -0.39 is 15.9 Å². The Kier molecular flexibility index (Phi) is 6.66. The minimum absolute atomic E-state index is 0.0252. The molecule has 7 heteroatoms. The molecule has 0 saturated carbocycles. The minimum Gasteiger partial charge on any atom is -0.268 e. The predicted molar refractivity (Wildman–Crippen MR) is 123 cm³/mol. The van der Waals surface area contributed by atoms with Crippen molar-refractivity contribution >= 4 is 50.9 Å². The molecule has 154 valence electrons. The standard InChI is InChI=1S/C23H19Cl2NO3S/c1-16-8-9-17(2)22(14-16)26(30(28,29)20-6-4-3-5-7-20)23(27)13-11-18-10-12-19(24)15-21(18)25/h3-15H,1-2H3/b13-11+. The Balaban J connectivity index is 2.11. The molecule has 0 N–H and O–H groups in total. The number of carbonyl (C=O) groups excluding carboxylic acids is 1. The second kappa shape index (κ2) is 9.04. The van der Waals surface area contributed by atoms with Crippen LogP contribution in [0.2, 0.25) is 10.0 Å². The molecule has 0 aliphatic carbocycles. The lowest BCUT2D eigenvalue weighted by atomic mass is 10.1. The van der Waals surface area contributed by atoms with Crippen molar-refractivity contribution in [1.29, 1.82) is 0 Å². The molecule has 0 unspecified atom stereocenters. The van der Waals surface area contributed by atoms with Crippen LogP contribution in [0.3, 0.4) is 0 Å². The first kappa shape index (κ1) is 22.1. The van der Waals surface area contributed by atoms with Crippen molar-refractivity contribution in [2.45, 2.75) is 18.7 Å². The number of carbonyl (C=O) groups is 1. The number of rotatable bonds is 5. The maximum Gasteiger partial charge on any atom is 0.271 e. The number of nitrogens with zero attached hydrogens (tertiary/aromatic N) is 1. The minimum atomic E-state index is -4.14. The summed E-state index contributed by atoms with van der Waals surface area (Å²) in [7, 11) is -4.14. The third-order valence-corrected chi connectivity index (χ3v) is 6.72. The molecule has 3 aromatic carbocycles. The molecule has 0 atom stereocenters. The van der Waals surface area contributed by atoms with Crippen LogP contribution < -0.4 is 4.31 Å². The molecule has 0 heterocycles. The van der Waals surface area contributed by atoms with Crippen molar-refractivity contribution in [2.24, 2.45) is 0 Å². The molecule has 3 rings (SSSR count). The molecule has 0 spiro atoms. The van der Waals surface area contributed by atoms with Crippen LogP contribution in [-0.2, 0) is 14.8 Å². The quantitative estimate of drug-likeness (QED) is 0.436. The Labute approximate surface area is 186 Å². The highest BCUT2D eigenvalue weighted by molar-refractivity contribution is 7.93. The lowest BCUT2D eigenvalue weighted by molar-refractivity contribution is -0.113. The first-order chi connectivity index (χ1) is 14.2. The zero-order chi connectivity index (χ0) is 21.9. The van der Waals surface area contributed by atoms with Gasteiger partial charge < -0.3 is 0 Å². The number of sulfonamides is 1. The summed E-state index contributed by atoms with van der Waals surface area (Å²) in [6.07, 6.45) is 2.66. The summed E-state index contributed by atoms with van der Waals surface area (Å²) in [5.74, 6) is -0.710. The summed E-state index contributed by atoms with van der Waals surface area (Å²) in [6.45, 7) is 3.60. The fourth-order valence-electron chi connectivity index (χ4n) is 2.87. The normalized spacial score (nSPS) is 11.6. The third-order valence-electron chi connectivity index (χ3n) is 4.43. The summed E-state index contributed by atoms with van der Waals surface area (Å²) in [6, 6.07) is 18.0. The highest BCUT2D eigenvalue weighted by atomic mass is 35.5. The summed E-state index contributed by atoms with van der Waals surface area (Å²) < 4.78 is 27.6. The topological polar surface area (TPSA) is 54.5 Å². The number of amides is 1. The number of benzene rings is 3. The van der Waals surface area contributed by atoms with Gasteiger partial charge >= 0.3 is 0 Å². The van der Waals surface area contributed by atoms with Gasteiger partial charge in [-0.2, -0.15) is 4.31 Å². The lowest BCUT2D eigenvalue weighted by Gasteiger charge is -2.23. The molecule has 4 nitrogen and oxygen atoms in total. The van der Waals surface area contributed by atoms with E-state index in [1.54, 1.807) is 55.5 Å². The average Bonchev–Trinajstić information content (AvgIpc) is 2.70. The van der Waals surface area contributed by atoms with E-state index in [0.717, 1.165) is 9.87 Å². The van der Waals surface area contributed by atoms with Crippen LogP contribution in [0.1, 0.15) is 16.7 Å². The lowest BCUT2D eigenvalue weighted by Crippen LogP contribution is -2.36. The van der Waals surface area contributed by atoms with Crippen LogP contribution in [0.15, 0.2) is 77.7 Å². The maximum absolute atomic E-state index is 13.4. The maximum atomic E-state index is 13.4. The van der Waals surface area contributed by atoms with Crippen molar-refractivity contribution < 1.29 is 13.2 Å². The van der Waals surface area contributed by atoms with Crippen LogP contribution in [-0.4, -0.2) is 14.3 Å². The van der Waals surface area contributed by atoms with Gasteiger partial charge in [-0.25, -0.2) is 8.42 Å². The number of hydrogen-bond acceptors (Lipinski definition) is 3. The van der Waals surface area contributed by atoms with Crippen LogP contribution in [0, 0.1) is 13.8 Å². The van der Waals surface area contributed by atoms with Crippen molar-refractivity contribution in [1.82, 2.24) is 0 Å². The van der Waals surface area contributed by atoms with Gasteiger partial charge in [0.1, 0.15) is 0 Å². The van der Waals surface area contributed by atoms with Gasteiger partial charge in [0.15, 0.2) is 0 Å². The molecule has 0 fully saturated rings. The highest BCUT2D eigenvalue weighted by Crippen LogP contribution is 2.29. The third kappa shape index (κ3) is 4.75. The van der Waals surface area contributed by atoms with E-state index >= 15 is 0 Å². The zero-order valence-electron chi connectivity index (χ0n) is 16.3. The Hall–Kier alpha value is -2.60. The molecule has 0 aromatic heterocycles. The summed E-state index contributed by atoms with van der Waals surface area (Å²) in [5, 5.41) is 0.822. The van der Waals surface area contributed by atoms with Gasteiger partial charge in [-0.05, 0) is 66.9 Å². The highest BCUT2D eigenvalue weighted by Gasteiger charge is 2.30. The number of anilines is 1. The van der Waals surface area contributed by atoms with Gasteiger partial charge in [0.05, 0.1) is 10.6 Å². The molecular formula is C23H19Cl2NO3S. The fraction of sp³-hybridized carbons (Fsp3) is 0.0870. The SMILES string of the molecule is Cc1ccc(C)c(N(C(=O)/C=C/c2ccc(Cl)cc2Cl)S(=O)(=O)c2ccccc2)c1. The van der Waals surface area contributed by atoms with E-state index in [1.165, 1.54) is 24.3 Å². The van der Waals surface area contributed by atoms with E-state index in [1.807, 2.05) is 13.0 Å². The van der Waals surface area contributed by atoms with Gasteiger partial charge in [0.25, 0.3) is 15.9 Å². The molecular weight excluding hydrogens is 441 g/mol. The van der Waals surface area contributed by atoms with Crippen LogP contribution in [0.25, 0.3) is 6.08 Å². The van der Waals surface area contributed by atoms with Gasteiger partial charge in [-0.15, -0.1) is 0 Å². The van der Waals surface area contributed by atoms with Crippen molar-refractivity contribution in [2.75, 3.05) is 4.31 Å². The molecule has 0 aliphatic heterocycles. The van der Waals surface area contributed by atoms with E-state index in [9.17, 15) is 13.2 Å². The first-order valence-electron chi connectivity index (χ1n) is 9.05. The first-order valence-corrected chi connectivity index (χ1v) is 11.2. The van der Waals surface area contributed by atoms with E-state index in [0.29, 0.717) is 26.9 Å². The number of aryl methyl sites for hydroxylation is 2. The molecule has 1 amide bonds. The van der Waals surface area contributed by atoms with Crippen LogP contribution in [0.4, 0.5) is 5.69 Å². The Bertz CT molecular complexity index is 1220. The molecule has 0 bridgehead atoms. The smallest absolute Gasteiger partial charge is 0.268 e. The molecule has 30 heavy (non-hydrogen) atoms. The predicted octanol–water partition coefficient (Wildman–Crippen LogP) is 6.05. The second-order valence-electron chi connectivity index (χ2n) is 6.71. The number of hydrogen-bond donors (Lipinski definition) is 0. The molecule has 0 aliphatic rings.